The highest BCUT2D eigenvalue weighted by Crippen LogP contribution is 2.28. The van der Waals surface area contributed by atoms with Gasteiger partial charge in [-0.15, -0.1) is 0 Å². The van der Waals surface area contributed by atoms with Gasteiger partial charge in [-0.05, 0) is 17.5 Å². The summed E-state index contributed by atoms with van der Waals surface area (Å²) in [5.74, 6) is 1.74. The second-order valence-electron chi connectivity index (χ2n) is 4.99. The topological polar surface area (TPSA) is 78.0 Å². The Bertz CT molecular complexity index is 591. The van der Waals surface area contributed by atoms with Gasteiger partial charge in [0, 0.05) is 25.9 Å². The first-order chi connectivity index (χ1) is 9.52. The minimum Gasteiger partial charge on any atom is -0.481 e. The fourth-order valence-corrected chi connectivity index (χ4v) is 2.06. The predicted octanol–water partition coefficient (Wildman–Crippen LogP) is 2.14. The smallest absolute Gasteiger partial charge is 0.213 e. The number of pyridine rings is 1. The van der Waals surface area contributed by atoms with E-state index >= 15 is 0 Å². The largest absolute Gasteiger partial charge is 0.481 e. The van der Waals surface area contributed by atoms with Gasteiger partial charge in [0.1, 0.15) is 5.82 Å². The lowest BCUT2D eigenvalue weighted by Crippen LogP contribution is -2.06. The Labute approximate surface area is 119 Å². The van der Waals surface area contributed by atoms with Crippen LogP contribution in [0.25, 0.3) is 0 Å². The van der Waals surface area contributed by atoms with E-state index in [2.05, 4.69) is 29.2 Å². The summed E-state index contributed by atoms with van der Waals surface area (Å²) in [4.78, 5) is 4.08. The third-order valence-electron chi connectivity index (χ3n) is 3.13. The molecule has 0 saturated heterocycles. The molecule has 20 heavy (non-hydrogen) atoms. The predicted molar refractivity (Wildman–Crippen MR) is 79.8 cm³/mol. The lowest BCUT2D eigenvalue weighted by atomic mass is 10.1. The number of nitrogen functional groups attached to an aromatic ring is 1. The lowest BCUT2D eigenvalue weighted by Gasteiger charge is -2.08. The minimum absolute atomic E-state index is 0.303. The number of rotatable bonds is 5. The molecule has 3 N–H and O–H groups in total. The molecular weight excluding hydrogens is 254 g/mol. The number of nitrogens with one attached hydrogen (secondary N) is 1. The van der Waals surface area contributed by atoms with Gasteiger partial charge in [0.25, 0.3) is 0 Å². The van der Waals surface area contributed by atoms with E-state index in [1.807, 2.05) is 19.2 Å². The highest BCUT2D eigenvalue weighted by Gasteiger charge is 2.15. The van der Waals surface area contributed by atoms with Gasteiger partial charge in [-0.1, -0.05) is 13.8 Å². The molecule has 2 aromatic rings. The summed E-state index contributed by atoms with van der Waals surface area (Å²) in [5.41, 5.74) is 8.85. The molecule has 0 bridgehead atoms. The van der Waals surface area contributed by atoms with E-state index in [1.165, 1.54) is 0 Å². The summed E-state index contributed by atoms with van der Waals surface area (Å²) in [6.07, 6.45) is 1.72. The van der Waals surface area contributed by atoms with Crippen molar-refractivity contribution >= 4 is 11.5 Å². The second kappa shape index (κ2) is 5.81. The van der Waals surface area contributed by atoms with Crippen molar-refractivity contribution in [1.82, 2.24) is 14.8 Å². The molecule has 2 rings (SSSR count). The maximum absolute atomic E-state index is 6.14. The van der Waals surface area contributed by atoms with Crippen molar-refractivity contribution in [3.63, 3.8) is 0 Å². The molecule has 0 aromatic carbocycles. The summed E-state index contributed by atoms with van der Waals surface area (Å²) >= 11 is 0. The molecule has 0 radical (unpaired) electrons. The number of ether oxygens (including phenoxy) is 1. The molecule has 0 aliphatic rings. The lowest BCUT2D eigenvalue weighted by molar-refractivity contribution is 0.397. The minimum atomic E-state index is 0.303. The molecule has 0 fully saturated rings. The number of anilines is 2. The molecule has 0 atom stereocenters. The van der Waals surface area contributed by atoms with Gasteiger partial charge in [-0.2, -0.15) is 5.10 Å². The van der Waals surface area contributed by atoms with Crippen LogP contribution in [0.1, 0.15) is 31.0 Å². The number of aromatic nitrogens is 3. The van der Waals surface area contributed by atoms with Crippen LogP contribution in [0, 0.1) is 0 Å². The molecule has 0 unspecified atom stereocenters. The van der Waals surface area contributed by atoms with Crippen LogP contribution in [0.2, 0.25) is 0 Å². The fraction of sp³-hybridized carbons (Fsp3) is 0.429. The van der Waals surface area contributed by atoms with Gasteiger partial charge in [-0.25, -0.2) is 4.98 Å². The molecule has 0 amide bonds. The average molecular weight is 275 g/mol. The molecule has 2 aromatic heterocycles. The SMILES string of the molecule is COc1cc(CNc2c(N)c(C(C)C)nn2C)ccn1. The van der Waals surface area contributed by atoms with Gasteiger partial charge in [-0.3, -0.25) is 4.68 Å². The molecular formula is C14H21N5O. The normalized spacial score (nSPS) is 10.8. The summed E-state index contributed by atoms with van der Waals surface area (Å²) in [6, 6.07) is 3.83. The third kappa shape index (κ3) is 2.84. The Kier molecular flexibility index (Phi) is 4.12. The van der Waals surface area contributed by atoms with Crippen LogP contribution in [0.5, 0.6) is 5.88 Å². The number of hydrogen-bond donors (Lipinski definition) is 2. The van der Waals surface area contributed by atoms with E-state index in [0.29, 0.717) is 24.0 Å². The van der Waals surface area contributed by atoms with Crippen molar-refractivity contribution in [2.24, 2.45) is 7.05 Å². The Morgan fingerprint density at radius 3 is 2.80 bits per heavy atom. The number of nitrogens with zero attached hydrogens (tertiary/aromatic N) is 3. The van der Waals surface area contributed by atoms with Gasteiger partial charge < -0.3 is 15.8 Å². The maximum atomic E-state index is 6.14. The monoisotopic (exact) mass is 275 g/mol. The highest BCUT2D eigenvalue weighted by molar-refractivity contribution is 5.65. The van der Waals surface area contributed by atoms with Gasteiger partial charge in [0.2, 0.25) is 5.88 Å². The number of hydrogen-bond acceptors (Lipinski definition) is 5. The molecule has 6 nitrogen and oxygen atoms in total. The Morgan fingerprint density at radius 2 is 2.20 bits per heavy atom. The van der Waals surface area contributed by atoms with E-state index in [-0.39, 0.29) is 0 Å². The molecule has 6 heteroatoms. The summed E-state index contributed by atoms with van der Waals surface area (Å²) in [6.45, 7) is 4.80. The van der Waals surface area contributed by atoms with Crippen molar-refractivity contribution in [3.8, 4) is 5.88 Å². The zero-order valence-corrected chi connectivity index (χ0v) is 12.3. The summed E-state index contributed by atoms with van der Waals surface area (Å²) in [5, 5.41) is 7.76. The molecule has 0 saturated carbocycles. The first-order valence-electron chi connectivity index (χ1n) is 6.58. The van der Waals surface area contributed by atoms with Gasteiger partial charge >= 0.3 is 0 Å². The first-order valence-corrected chi connectivity index (χ1v) is 6.58. The van der Waals surface area contributed by atoms with E-state index in [9.17, 15) is 0 Å². The van der Waals surface area contributed by atoms with Crippen LogP contribution in [0.15, 0.2) is 18.3 Å². The Hall–Kier alpha value is -2.24. The molecule has 0 aliphatic heterocycles. The van der Waals surface area contributed by atoms with Crippen LogP contribution >= 0.6 is 0 Å². The number of aryl methyl sites for hydroxylation is 1. The molecule has 0 aliphatic carbocycles. The van der Waals surface area contributed by atoms with Gasteiger partial charge in [0.15, 0.2) is 0 Å². The van der Waals surface area contributed by atoms with Crippen LogP contribution < -0.4 is 15.8 Å². The maximum Gasteiger partial charge on any atom is 0.213 e. The van der Waals surface area contributed by atoms with Crippen LogP contribution in [0.3, 0.4) is 0 Å². The summed E-state index contributed by atoms with van der Waals surface area (Å²) < 4.78 is 6.89. The number of nitrogens with two attached hydrogens (primary N) is 1. The van der Waals surface area contributed by atoms with Crippen molar-refractivity contribution in [3.05, 3.63) is 29.6 Å². The van der Waals surface area contributed by atoms with E-state index in [1.54, 1.807) is 18.0 Å². The third-order valence-corrected chi connectivity index (χ3v) is 3.13. The van der Waals surface area contributed by atoms with Crippen LogP contribution in [-0.4, -0.2) is 21.9 Å². The highest BCUT2D eigenvalue weighted by atomic mass is 16.5. The summed E-state index contributed by atoms with van der Waals surface area (Å²) in [7, 11) is 3.49. The zero-order valence-electron chi connectivity index (χ0n) is 12.3. The quantitative estimate of drug-likeness (QED) is 0.874. The Morgan fingerprint density at radius 1 is 1.45 bits per heavy atom. The van der Waals surface area contributed by atoms with Crippen molar-refractivity contribution in [2.45, 2.75) is 26.3 Å². The van der Waals surface area contributed by atoms with E-state index < -0.39 is 0 Å². The average Bonchev–Trinajstić information content (AvgIpc) is 2.72. The van der Waals surface area contributed by atoms with Gasteiger partial charge in [0.05, 0.1) is 18.5 Å². The first kappa shape index (κ1) is 14.2. The molecule has 0 spiro atoms. The Balaban J connectivity index is 2.14. The van der Waals surface area contributed by atoms with Crippen molar-refractivity contribution in [2.75, 3.05) is 18.2 Å². The fourth-order valence-electron chi connectivity index (χ4n) is 2.06. The standard InChI is InChI=1S/C14H21N5O/c1-9(2)13-12(15)14(19(3)18-13)17-8-10-5-6-16-11(7-10)20-4/h5-7,9,17H,8,15H2,1-4H3. The molecule has 2 heterocycles. The van der Waals surface area contributed by atoms with Crippen LogP contribution in [0.4, 0.5) is 11.5 Å². The number of methoxy groups -OCH3 is 1. The van der Waals surface area contributed by atoms with Crippen LogP contribution in [-0.2, 0) is 13.6 Å². The zero-order chi connectivity index (χ0) is 14.7. The van der Waals surface area contributed by atoms with E-state index in [4.69, 9.17) is 10.5 Å². The second-order valence-corrected chi connectivity index (χ2v) is 4.99. The van der Waals surface area contributed by atoms with E-state index in [0.717, 1.165) is 17.1 Å². The van der Waals surface area contributed by atoms with Crippen molar-refractivity contribution in [1.29, 1.82) is 0 Å². The molecule has 108 valence electrons. The van der Waals surface area contributed by atoms with Crippen molar-refractivity contribution < 1.29 is 4.74 Å².